The fourth-order valence-corrected chi connectivity index (χ4v) is 2.53. The van der Waals surface area contributed by atoms with Crippen molar-refractivity contribution in [1.29, 1.82) is 0 Å². The number of hydrogen-bond acceptors (Lipinski definition) is 4. The number of benzene rings is 2. The van der Waals surface area contributed by atoms with Crippen molar-refractivity contribution < 1.29 is 9.53 Å². The molecule has 0 amide bonds. The molecule has 6 heteroatoms. The van der Waals surface area contributed by atoms with E-state index in [0.29, 0.717) is 35.8 Å². The molecule has 0 unspecified atom stereocenters. The Labute approximate surface area is 163 Å². The first-order valence-corrected chi connectivity index (χ1v) is 9.34. The number of halogens is 1. The summed E-state index contributed by atoms with van der Waals surface area (Å²) >= 11 is 7.89. The standard InChI is InChI=1S/C17H17BrN2O2S.C2H6/c1-2-19-16(10-21)20-15-9-13(8-14(18)17(15)23)22-11-12-6-4-3-5-7-12;1-2/h3-10,23H,2,11H2,1H3,(H,19,20);1-2H3. The maximum atomic E-state index is 11.0. The Bertz CT molecular complexity index is 706. The first kappa shape index (κ1) is 21.3. The van der Waals surface area contributed by atoms with E-state index in [9.17, 15) is 4.79 Å². The van der Waals surface area contributed by atoms with Crippen molar-refractivity contribution in [3.63, 3.8) is 0 Å². The Morgan fingerprint density at radius 3 is 2.56 bits per heavy atom. The molecule has 2 aromatic carbocycles. The SMILES string of the molecule is CC.CCN=C(C=O)Nc1cc(OCc2ccccc2)cc(Br)c1S. The van der Waals surface area contributed by atoms with Gasteiger partial charge in [-0.25, -0.2) is 0 Å². The molecule has 0 fully saturated rings. The smallest absolute Gasteiger partial charge is 0.185 e. The van der Waals surface area contributed by atoms with Crippen molar-refractivity contribution in [2.24, 2.45) is 4.99 Å². The third-order valence-electron chi connectivity index (χ3n) is 2.99. The molecule has 0 bridgehead atoms. The van der Waals surface area contributed by atoms with Gasteiger partial charge in [-0.05, 0) is 34.5 Å². The minimum Gasteiger partial charge on any atom is -0.489 e. The average Bonchev–Trinajstić information content (AvgIpc) is 2.65. The highest BCUT2D eigenvalue weighted by atomic mass is 79.9. The maximum Gasteiger partial charge on any atom is 0.185 e. The van der Waals surface area contributed by atoms with Gasteiger partial charge in [-0.15, -0.1) is 12.6 Å². The minimum absolute atomic E-state index is 0.259. The number of nitrogens with one attached hydrogen (secondary N) is 1. The lowest BCUT2D eigenvalue weighted by Crippen LogP contribution is -2.14. The maximum absolute atomic E-state index is 11.0. The topological polar surface area (TPSA) is 50.7 Å². The van der Waals surface area contributed by atoms with E-state index in [4.69, 9.17) is 4.74 Å². The molecule has 25 heavy (non-hydrogen) atoms. The average molecular weight is 423 g/mol. The van der Waals surface area contributed by atoms with Crippen LogP contribution < -0.4 is 10.1 Å². The van der Waals surface area contributed by atoms with Crippen LogP contribution in [0.25, 0.3) is 0 Å². The highest BCUT2D eigenvalue weighted by Gasteiger charge is 2.09. The summed E-state index contributed by atoms with van der Waals surface area (Å²) in [5, 5.41) is 2.97. The van der Waals surface area contributed by atoms with Crippen molar-refractivity contribution in [2.45, 2.75) is 32.3 Å². The van der Waals surface area contributed by atoms with E-state index < -0.39 is 0 Å². The summed E-state index contributed by atoms with van der Waals surface area (Å²) in [5.74, 6) is 0.928. The van der Waals surface area contributed by atoms with Gasteiger partial charge >= 0.3 is 0 Å². The molecule has 1 N–H and O–H groups in total. The molecule has 2 rings (SSSR count). The lowest BCUT2D eigenvalue weighted by molar-refractivity contribution is -0.102. The van der Waals surface area contributed by atoms with E-state index in [1.54, 1.807) is 6.07 Å². The summed E-state index contributed by atoms with van der Waals surface area (Å²) in [4.78, 5) is 15.8. The molecule has 0 saturated heterocycles. The van der Waals surface area contributed by atoms with Gasteiger partial charge in [-0.2, -0.15) is 0 Å². The number of amidine groups is 1. The van der Waals surface area contributed by atoms with Gasteiger partial charge in [0.15, 0.2) is 12.1 Å². The van der Waals surface area contributed by atoms with E-state index in [1.165, 1.54) is 0 Å². The minimum atomic E-state index is 0.259. The Morgan fingerprint density at radius 2 is 1.96 bits per heavy atom. The summed E-state index contributed by atoms with van der Waals surface area (Å²) in [7, 11) is 0. The second-order valence-electron chi connectivity index (χ2n) is 4.68. The van der Waals surface area contributed by atoms with Gasteiger partial charge in [-0.3, -0.25) is 9.79 Å². The molecule has 0 aliphatic heterocycles. The molecule has 0 atom stereocenters. The van der Waals surface area contributed by atoms with Crippen LogP contribution in [-0.4, -0.2) is 18.7 Å². The van der Waals surface area contributed by atoms with Gasteiger partial charge in [0.25, 0.3) is 0 Å². The predicted molar refractivity (Wildman–Crippen MR) is 111 cm³/mol. The number of thiol groups is 1. The van der Waals surface area contributed by atoms with Crippen molar-refractivity contribution in [3.8, 4) is 5.75 Å². The highest BCUT2D eigenvalue weighted by molar-refractivity contribution is 9.10. The molecule has 0 saturated carbocycles. The van der Waals surface area contributed by atoms with Crippen molar-refractivity contribution in [3.05, 3.63) is 52.5 Å². The van der Waals surface area contributed by atoms with Crippen LogP contribution in [0.1, 0.15) is 26.3 Å². The van der Waals surface area contributed by atoms with E-state index in [2.05, 4.69) is 38.9 Å². The lowest BCUT2D eigenvalue weighted by atomic mass is 10.2. The summed E-state index contributed by atoms with van der Waals surface area (Å²) < 4.78 is 6.59. The van der Waals surface area contributed by atoms with E-state index >= 15 is 0 Å². The monoisotopic (exact) mass is 422 g/mol. The third-order valence-corrected chi connectivity index (χ3v) is 4.40. The number of anilines is 1. The van der Waals surface area contributed by atoms with E-state index in [-0.39, 0.29) is 5.84 Å². The highest BCUT2D eigenvalue weighted by Crippen LogP contribution is 2.34. The number of aldehydes is 1. The largest absolute Gasteiger partial charge is 0.489 e. The van der Waals surface area contributed by atoms with Gasteiger partial charge in [0.2, 0.25) is 0 Å². The zero-order chi connectivity index (χ0) is 18.7. The Kier molecular flexibility index (Phi) is 9.96. The van der Waals surface area contributed by atoms with Crippen LogP contribution >= 0.6 is 28.6 Å². The van der Waals surface area contributed by atoms with Crippen LogP contribution in [0.4, 0.5) is 5.69 Å². The van der Waals surface area contributed by atoms with E-state index in [1.807, 2.05) is 57.2 Å². The lowest BCUT2D eigenvalue weighted by Gasteiger charge is -2.13. The van der Waals surface area contributed by atoms with Gasteiger partial charge in [0.1, 0.15) is 12.4 Å². The molecule has 0 aromatic heterocycles. The Morgan fingerprint density at radius 1 is 1.28 bits per heavy atom. The fourth-order valence-electron chi connectivity index (χ4n) is 1.91. The Hall–Kier alpha value is -1.79. The number of hydrogen-bond donors (Lipinski definition) is 2. The molecule has 4 nitrogen and oxygen atoms in total. The number of rotatable bonds is 6. The molecule has 0 aliphatic rings. The zero-order valence-electron chi connectivity index (χ0n) is 14.6. The second-order valence-corrected chi connectivity index (χ2v) is 5.98. The fraction of sp³-hybridized carbons (Fsp3) is 0.263. The molecular formula is C19H23BrN2O2S. The summed E-state index contributed by atoms with van der Waals surface area (Å²) in [6.45, 7) is 6.85. The molecule has 2 aromatic rings. The molecule has 0 aliphatic carbocycles. The first-order valence-electron chi connectivity index (χ1n) is 8.10. The van der Waals surface area contributed by atoms with Crippen LogP contribution in [0.3, 0.4) is 0 Å². The van der Waals surface area contributed by atoms with Crippen molar-refractivity contribution in [2.75, 3.05) is 11.9 Å². The van der Waals surface area contributed by atoms with E-state index in [0.717, 1.165) is 10.0 Å². The van der Waals surface area contributed by atoms with Crippen molar-refractivity contribution in [1.82, 2.24) is 0 Å². The molecule has 134 valence electrons. The number of aliphatic imine (C=N–C) groups is 1. The summed E-state index contributed by atoms with van der Waals surface area (Å²) in [6.07, 6.45) is 0.683. The number of nitrogens with zero attached hydrogens (tertiary/aromatic N) is 1. The third kappa shape index (κ3) is 6.92. The molecule has 0 radical (unpaired) electrons. The van der Waals surface area contributed by atoms with Crippen LogP contribution in [-0.2, 0) is 11.4 Å². The molecule has 0 heterocycles. The zero-order valence-corrected chi connectivity index (χ0v) is 17.1. The summed E-state index contributed by atoms with van der Waals surface area (Å²) in [5.41, 5.74) is 1.74. The predicted octanol–water partition coefficient (Wildman–Crippen LogP) is 5.37. The number of carbonyl (C=O) groups excluding carboxylic acids is 1. The summed E-state index contributed by atoms with van der Waals surface area (Å²) in [6, 6.07) is 13.5. The normalized spacial score (nSPS) is 10.5. The van der Waals surface area contributed by atoms with Crippen LogP contribution in [0.15, 0.2) is 56.8 Å². The van der Waals surface area contributed by atoms with Gasteiger partial charge < -0.3 is 10.1 Å². The molecule has 0 spiro atoms. The quantitative estimate of drug-likeness (QED) is 0.284. The second kappa shape index (κ2) is 11.7. The number of ether oxygens (including phenoxy) is 1. The Balaban J connectivity index is 0.00000151. The van der Waals surface area contributed by atoms with Crippen LogP contribution in [0.2, 0.25) is 0 Å². The van der Waals surface area contributed by atoms with Crippen LogP contribution in [0.5, 0.6) is 5.75 Å². The van der Waals surface area contributed by atoms with Gasteiger partial charge in [-0.1, -0.05) is 44.2 Å². The molecular weight excluding hydrogens is 400 g/mol. The van der Waals surface area contributed by atoms with Crippen molar-refractivity contribution >= 4 is 46.4 Å². The van der Waals surface area contributed by atoms with Gasteiger partial charge in [0, 0.05) is 22.0 Å². The number of carbonyl (C=O) groups is 1. The van der Waals surface area contributed by atoms with Gasteiger partial charge in [0.05, 0.1) is 5.69 Å². The first-order chi connectivity index (χ1) is 12.1. The van der Waals surface area contributed by atoms with Crippen LogP contribution in [0, 0.1) is 0 Å².